The number of hydrogen-bond donors (Lipinski definition) is 1. The first-order valence-corrected chi connectivity index (χ1v) is 11.7. The number of aromatic amines is 1. The van der Waals surface area contributed by atoms with Crippen LogP contribution in [0.5, 0.6) is 0 Å². The van der Waals surface area contributed by atoms with Crippen LogP contribution in [0, 0.1) is 12.7 Å². The number of likely N-dealkylation sites (N-methyl/N-ethyl adjacent to an activating group) is 1. The fourth-order valence-electron chi connectivity index (χ4n) is 4.82. The summed E-state index contributed by atoms with van der Waals surface area (Å²) in [6.45, 7) is 9.29. The number of nitrogens with zero attached hydrogens (tertiary/aromatic N) is 6. The minimum absolute atomic E-state index is 0.270. The van der Waals surface area contributed by atoms with Gasteiger partial charge in [-0.05, 0) is 61.5 Å². The minimum atomic E-state index is -0.270. The lowest BCUT2D eigenvalue weighted by Gasteiger charge is -2.34. The fourth-order valence-corrected chi connectivity index (χ4v) is 4.82. The van der Waals surface area contributed by atoms with Crippen molar-refractivity contribution in [1.29, 1.82) is 0 Å². The summed E-state index contributed by atoms with van der Waals surface area (Å²) >= 11 is 0. The monoisotopic (exact) mass is 455 g/mol. The molecule has 4 aromatic heterocycles. The number of H-pyrrole nitrogens is 1. The maximum Gasteiger partial charge on any atom is 0.158 e. The Morgan fingerprint density at radius 2 is 1.82 bits per heavy atom. The summed E-state index contributed by atoms with van der Waals surface area (Å²) in [5, 5.41) is 6.09. The number of imidazole rings is 1. The predicted molar refractivity (Wildman–Crippen MR) is 133 cm³/mol. The van der Waals surface area contributed by atoms with Crippen molar-refractivity contribution in [2.24, 2.45) is 0 Å². The van der Waals surface area contributed by atoms with Crippen molar-refractivity contribution in [3.05, 3.63) is 66.2 Å². The zero-order valence-electron chi connectivity index (χ0n) is 19.3. The Hall–Kier alpha value is -3.78. The number of nitrogens with one attached hydrogen (secondary N) is 1. The molecule has 0 aliphatic carbocycles. The number of halogens is 1. The maximum absolute atomic E-state index is 13.7. The number of hydrogen-bond acceptors (Lipinski definition) is 5. The SMILES string of the molecule is CCN1CCN(c2cc(C)c3nc(-c4ccc(F)cc4)c(-c4ccnc5[nH]ccc45)n3n2)CC1. The lowest BCUT2D eigenvalue weighted by atomic mass is 10.0. The van der Waals surface area contributed by atoms with Crippen molar-refractivity contribution in [3.8, 4) is 22.5 Å². The van der Waals surface area contributed by atoms with Crippen LogP contribution in [-0.2, 0) is 0 Å². The van der Waals surface area contributed by atoms with Crippen LogP contribution in [0.3, 0.4) is 0 Å². The summed E-state index contributed by atoms with van der Waals surface area (Å²) in [6.07, 6.45) is 3.68. The molecule has 0 saturated carbocycles. The number of piperazine rings is 1. The van der Waals surface area contributed by atoms with E-state index in [2.05, 4.69) is 39.7 Å². The van der Waals surface area contributed by atoms with Gasteiger partial charge in [-0.15, -0.1) is 5.10 Å². The van der Waals surface area contributed by atoms with Gasteiger partial charge in [0.1, 0.15) is 23.0 Å². The van der Waals surface area contributed by atoms with Crippen LogP contribution in [0.25, 0.3) is 39.2 Å². The number of fused-ring (bicyclic) bond motifs is 2. The number of aryl methyl sites for hydroxylation is 1. The average Bonchev–Trinajstić information content (AvgIpc) is 3.50. The minimum Gasteiger partial charge on any atom is -0.353 e. The molecule has 1 N–H and O–H groups in total. The normalized spacial score (nSPS) is 15.0. The molecule has 7 nitrogen and oxygen atoms in total. The first-order valence-electron chi connectivity index (χ1n) is 11.7. The van der Waals surface area contributed by atoms with E-state index in [-0.39, 0.29) is 5.82 Å². The molecule has 0 unspecified atom stereocenters. The molecular formula is C26H26FN7. The van der Waals surface area contributed by atoms with Crippen molar-refractivity contribution in [2.75, 3.05) is 37.6 Å². The Morgan fingerprint density at radius 1 is 1.03 bits per heavy atom. The molecule has 6 rings (SSSR count). The van der Waals surface area contributed by atoms with E-state index in [1.165, 1.54) is 12.1 Å². The highest BCUT2D eigenvalue weighted by molar-refractivity contribution is 5.97. The number of anilines is 1. The number of pyridine rings is 1. The van der Waals surface area contributed by atoms with Crippen LogP contribution in [0.15, 0.2) is 54.9 Å². The summed E-state index contributed by atoms with van der Waals surface area (Å²) in [5.74, 6) is 0.679. The van der Waals surface area contributed by atoms with Crippen molar-refractivity contribution in [3.63, 3.8) is 0 Å². The van der Waals surface area contributed by atoms with Gasteiger partial charge in [-0.3, -0.25) is 0 Å². The predicted octanol–water partition coefficient (Wildman–Crippen LogP) is 4.53. The summed E-state index contributed by atoms with van der Waals surface area (Å²) < 4.78 is 15.7. The van der Waals surface area contributed by atoms with Crippen LogP contribution in [-0.4, -0.2) is 62.2 Å². The lowest BCUT2D eigenvalue weighted by Crippen LogP contribution is -2.46. The molecule has 5 heterocycles. The zero-order chi connectivity index (χ0) is 23.2. The largest absolute Gasteiger partial charge is 0.353 e. The second-order valence-electron chi connectivity index (χ2n) is 8.76. The summed E-state index contributed by atoms with van der Waals surface area (Å²) in [7, 11) is 0. The van der Waals surface area contributed by atoms with Crippen LogP contribution >= 0.6 is 0 Å². The van der Waals surface area contributed by atoms with Gasteiger partial charge in [-0.25, -0.2) is 18.9 Å². The molecule has 0 radical (unpaired) electrons. The number of rotatable bonds is 4. The maximum atomic E-state index is 13.7. The van der Waals surface area contributed by atoms with E-state index in [9.17, 15) is 4.39 Å². The van der Waals surface area contributed by atoms with E-state index in [0.29, 0.717) is 0 Å². The molecule has 0 bridgehead atoms. The molecule has 0 amide bonds. The lowest BCUT2D eigenvalue weighted by molar-refractivity contribution is 0.270. The molecule has 1 aromatic carbocycles. The fraction of sp³-hybridized carbons (Fsp3) is 0.269. The Bertz CT molecular complexity index is 1480. The van der Waals surface area contributed by atoms with E-state index >= 15 is 0 Å². The highest BCUT2D eigenvalue weighted by Crippen LogP contribution is 2.37. The van der Waals surface area contributed by atoms with E-state index in [4.69, 9.17) is 10.1 Å². The third-order valence-electron chi connectivity index (χ3n) is 6.73. The first kappa shape index (κ1) is 20.8. The van der Waals surface area contributed by atoms with Gasteiger partial charge in [-0.1, -0.05) is 6.92 Å². The van der Waals surface area contributed by atoms with Gasteiger partial charge in [0.2, 0.25) is 0 Å². The van der Waals surface area contributed by atoms with E-state index < -0.39 is 0 Å². The summed E-state index contributed by atoms with van der Waals surface area (Å²) in [5.41, 5.74) is 6.14. The molecule has 5 aromatic rings. The topological polar surface area (TPSA) is 65.4 Å². The zero-order valence-corrected chi connectivity index (χ0v) is 19.3. The van der Waals surface area contributed by atoms with Gasteiger partial charge < -0.3 is 14.8 Å². The number of benzene rings is 1. The smallest absolute Gasteiger partial charge is 0.158 e. The average molecular weight is 456 g/mol. The van der Waals surface area contributed by atoms with E-state index in [0.717, 1.165) is 83.3 Å². The van der Waals surface area contributed by atoms with E-state index in [1.807, 2.05) is 22.8 Å². The first-order chi connectivity index (χ1) is 16.6. The molecular weight excluding hydrogens is 429 g/mol. The van der Waals surface area contributed by atoms with Crippen LogP contribution in [0.2, 0.25) is 0 Å². The van der Waals surface area contributed by atoms with Gasteiger partial charge in [0, 0.05) is 55.1 Å². The molecule has 172 valence electrons. The van der Waals surface area contributed by atoms with Gasteiger partial charge in [0.15, 0.2) is 5.65 Å². The Kier molecular flexibility index (Phi) is 5.03. The highest BCUT2D eigenvalue weighted by Gasteiger charge is 2.23. The highest BCUT2D eigenvalue weighted by atomic mass is 19.1. The van der Waals surface area contributed by atoms with Crippen molar-refractivity contribution < 1.29 is 4.39 Å². The molecule has 0 spiro atoms. The van der Waals surface area contributed by atoms with Crippen LogP contribution in [0.4, 0.5) is 10.2 Å². The van der Waals surface area contributed by atoms with Crippen LogP contribution in [0.1, 0.15) is 12.5 Å². The Labute approximate surface area is 196 Å². The molecule has 1 aliphatic rings. The van der Waals surface area contributed by atoms with Gasteiger partial charge >= 0.3 is 0 Å². The Morgan fingerprint density at radius 3 is 2.59 bits per heavy atom. The van der Waals surface area contributed by atoms with Gasteiger partial charge in [-0.2, -0.15) is 0 Å². The quantitative estimate of drug-likeness (QED) is 0.431. The molecule has 8 heteroatoms. The van der Waals surface area contributed by atoms with Crippen LogP contribution < -0.4 is 4.90 Å². The van der Waals surface area contributed by atoms with Crippen molar-refractivity contribution in [2.45, 2.75) is 13.8 Å². The van der Waals surface area contributed by atoms with Crippen molar-refractivity contribution >= 4 is 22.5 Å². The Balaban J connectivity index is 1.59. The summed E-state index contributed by atoms with van der Waals surface area (Å²) in [4.78, 5) is 17.5. The molecule has 0 atom stereocenters. The second kappa shape index (κ2) is 8.22. The van der Waals surface area contributed by atoms with E-state index in [1.54, 1.807) is 18.3 Å². The van der Waals surface area contributed by atoms with Gasteiger partial charge in [0.05, 0.1) is 5.69 Å². The third-order valence-corrected chi connectivity index (χ3v) is 6.73. The number of aromatic nitrogens is 5. The molecule has 1 fully saturated rings. The summed E-state index contributed by atoms with van der Waals surface area (Å²) in [6, 6.07) is 12.6. The second-order valence-corrected chi connectivity index (χ2v) is 8.76. The molecule has 1 aliphatic heterocycles. The van der Waals surface area contributed by atoms with Gasteiger partial charge in [0.25, 0.3) is 0 Å². The third kappa shape index (κ3) is 3.42. The van der Waals surface area contributed by atoms with Crippen molar-refractivity contribution in [1.82, 2.24) is 29.5 Å². The molecule has 34 heavy (non-hydrogen) atoms. The standard InChI is InChI=1S/C26H26FN7/c1-3-32-12-14-33(15-13-32)22-16-17(2)26-30-23(18-4-6-19(27)7-5-18)24(34(26)31-22)20-8-10-28-25-21(20)9-11-29-25/h4-11,16H,3,12-15H2,1-2H3,(H,28,29). The molecule has 1 saturated heterocycles.